The van der Waals surface area contributed by atoms with Crippen LogP contribution >= 0.6 is 0 Å². The molecule has 1 aromatic rings. The molecule has 0 atom stereocenters. The largest absolute Gasteiger partial charge is 0.349 e. The van der Waals surface area contributed by atoms with Gasteiger partial charge in [0, 0.05) is 23.8 Å². The molecule has 18 heavy (non-hydrogen) atoms. The number of rotatable bonds is 4. The smallest absolute Gasteiger partial charge is 0.270 e. The molecule has 1 aliphatic rings. The fraction of sp³-hybridized carbons (Fsp3) is 0.462. The van der Waals surface area contributed by atoms with Gasteiger partial charge in [-0.1, -0.05) is 0 Å². The van der Waals surface area contributed by atoms with Crippen LogP contribution in [0.1, 0.15) is 47.5 Å². The molecule has 1 heterocycles. The summed E-state index contributed by atoms with van der Waals surface area (Å²) in [6.45, 7) is 3.75. The van der Waals surface area contributed by atoms with Crippen molar-refractivity contribution in [2.45, 2.75) is 38.8 Å². The Labute approximate surface area is 106 Å². The summed E-state index contributed by atoms with van der Waals surface area (Å²) >= 11 is 0. The van der Waals surface area contributed by atoms with Crippen molar-refractivity contribution < 1.29 is 9.59 Å². The van der Waals surface area contributed by atoms with Crippen LogP contribution in [0.4, 0.5) is 0 Å². The monoisotopic (exact) mass is 247 g/mol. The van der Waals surface area contributed by atoms with Crippen molar-refractivity contribution in [3.63, 3.8) is 0 Å². The first-order valence-electron chi connectivity index (χ1n) is 6.14. The summed E-state index contributed by atoms with van der Waals surface area (Å²) in [6, 6.07) is 3.49. The van der Waals surface area contributed by atoms with Gasteiger partial charge in [-0.2, -0.15) is 0 Å². The van der Waals surface area contributed by atoms with Gasteiger partial charge < -0.3 is 10.6 Å². The fourth-order valence-electron chi connectivity index (χ4n) is 1.53. The lowest BCUT2D eigenvalue weighted by Gasteiger charge is -2.08. The predicted molar refractivity (Wildman–Crippen MR) is 67.3 cm³/mol. The zero-order valence-electron chi connectivity index (χ0n) is 10.6. The topological polar surface area (TPSA) is 71.1 Å². The lowest BCUT2D eigenvalue weighted by molar-refractivity contribution is 0.0938. The molecule has 1 aliphatic carbocycles. The minimum atomic E-state index is -0.258. The third kappa shape index (κ3) is 3.29. The molecular formula is C13H17N3O2. The number of carbonyl (C=O) groups is 2. The molecule has 5 nitrogen and oxygen atoms in total. The van der Waals surface area contributed by atoms with Crippen molar-refractivity contribution in [3.05, 3.63) is 29.6 Å². The van der Waals surface area contributed by atoms with Gasteiger partial charge in [0.25, 0.3) is 11.8 Å². The van der Waals surface area contributed by atoms with Gasteiger partial charge in [0.15, 0.2) is 0 Å². The zero-order chi connectivity index (χ0) is 13.1. The van der Waals surface area contributed by atoms with Crippen LogP contribution in [-0.4, -0.2) is 28.9 Å². The van der Waals surface area contributed by atoms with E-state index in [0.717, 1.165) is 12.8 Å². The molecule has 0 radical (unpaired) electrons. The highest BCUT2D eigenvalue weighted by Gasteiger charge is 2.24. The highest BCUT2D eigenvalue weighted by Crippen LogP contribution is 2.19. The van der Waals surface area contributed by atoms with Crippen molar-refractivity contribution in [2.24, 2.45) is 0 Å². The first-order valence-corrected chi connectivity index (χ1v) is 6.14. The van der Waals surface area contributed by atoms with Gasteiger partial charge in [-0.3, -0.25) is 14.6 Å². The molecule has 0 unspecified atom stereocenters. The molecule has 1 saturated carbocycles. The Hall–Kier alpha value is -1.91. The van der Waals surface area contributed by atoms with E-state index in [2.05, 4.69) is 15.6 Å². The lowest BCUT2D eigenvalue weighted by atomic mass is 10.2. The van der Waals surface area contributed by atoms with E-state index in [4.69, 9.17) is 0 Å². The van der Waals surface area contributed by atoms with Gasteiger partial charge in [0.1, 0.15) is 5.69 Å². The molecule has 96 valence electrons. The average Bonchev–Trinajstić information content (AvgIpc) is 3.12. The molecule has 1 aromatic heterocycles. The molecule has 1 fully saturated rings. The van der Waals surface area contributed by atoms with Crippen molar-refractivity contribution in [1.82, 2.24) is 15.6 Å². The third-order valence-electron chi connectivity index (χ3n) is 2.59. The second-order valence-corrected chi connectivity index (χ2v) is 4.81. The Morgan fingerprint density at radius 3 is 2.67 bits per heavy atom. The first-order chi connectivity index (χ1) is 8.56. The normalized spacial score (nSPS) is 14.4. The van der Waals surface area contributed by atoms with Gasteiger partial charge in [-0.05, 0) is 38.8 Å². The summed E-state index contributed by atoms with van der Waals surface area (Å²) in [4.78, 5) is 27.6. The van der Waals surface area contributed by atoms with E-state index in [0.29, 0.717) is 11.6 Å². The van der Waals surface area contributed by atoms with E-state index in [1.165, 1.54) is 12.3 Å². The Bertz CT molecular complexity index is 436. The average molecular weight is 247 g/mol. The second kappa shape index (κ2) is 5.16. The number of nitrogens with zero attached hydrogens (tertiary/aromatic N) is 1. The van der Waals surface area contributed by atoms with Gasteiger partial charge in [-0.15, -0.1) is 0 Å². The summed E-state index contributed by atoms with van der Waals surface area (Å²) in [5.74, 6) is -0.399. The minimum Gasteiger partial charge on any atom is -0.349 e. The number of hydrogen-bond acceptors (Lipinski definition) is 3. The predicted octanol–water partition coefficient (Wildman–Crippen LogP) is 1.11. The molecule has 0 saturated heterocycles. The summed E-state index contributed by atoms with van der Waals surface area (Å²) in [5.41, 5.74) is 0.748. The van der Waals surface area contributed by atoms with Crippen molar-refractivity contribution in [3.8, 4) is 0 Å². The molecule has 0 aliphatic heterocycles. The molecule has 0 spiro atoms. The van der Waals surface area contributed by atoms with E-state index in [-0.39, 0.29) is 23.6 Å². The van der Waals surface area contributed by atoms with Crippen LogP contribution in [0.15, 0.2) is 18.3 Å². The van der Waals surface area contributed by atoms with Gasteiger partial charge in [0.2, 0.25) is 0 Å². The molecule has 2 rings (SSSR count). The molecule has 0 bridgehead atoms. The van der Waals surface area contributed by atoms with Crippen LogP contribution in [0.3, 0.4) is 0 Å². The summed E-state index contributed by atoms with van der Waals surface area (Å²) < 4.78 is 0. The van der Waals surface area contributed by atoms with Crippen LogP contribution in [-0.2, 0) is 0 Å². The third-order valence-corrected chi connectivity index (χ3v) is 2.59. The van der Waals surface area contributed by atoms with E-state index in [1.54, 1.807) is 6.07 Å². The summed E-state index contributed by atoms with van der Waals surface area (Å²) in [7, 11) is 0. The Morgan fingerprint density at radius 2 is 2.06 bits per heavy atom. The molecule has 2 N–H and O–H groups in total. The molecule has 0 aromatic carbocycles. The van der Waals surface area contributed by atoms with Crippen LogP contribution in [0.2, 0.25) is 0 Å². The van der Waals surface area contributed by atoms with Crippen LogP contribution in [0, 0.1) is 0 Å². The maximum Gasteiger partial charge on any atom is 0.270 e. The highest BCUT2D eigenvalue weighted by molar-refractivity contribution is 5.98. The van der Waals surface area contributed by atoms with Crippen molar-refractivity contribution in [1.29, 1.82) is 0 Å². The molecule has 5 heteroatoms. The number of hydrogen-bond donors (Lipinski definition) is 2. The molecule has 2 amide bonds. The van der Waals surface area contributed by atoms with Crippen molar-refractivity contribution in [2.75, 3.05) is 0 Å². The molecular weight excluding hydrogens is 230 g/mol. The van der Waals surface area contributed by atoms with Gasteiger partial charge in [-0.25, -0.2) is 0 Å². The fourth-order valence-corrected chi connectivity index (χ4v) is 1.53. The van der Waals surface area contributed by atoms with Crippen LogP contribution in [0.25, 0.3) is 0 Å². The number of aromatic nitrogens is 1. The second-order valence-electron chi connectivity index (χ2n) is 4.81. The van der Waals surface area contributed by atoms with E-state index < -0.39 is 0 Å². The Morgan fingerprint density at radius 1 is 1.33 bits per heavy atom. The van der Waals surface area contributed by atoms with Crippen LogP contribution < -0.4 is 10.6 Å². The Kier molecular flexibility index (Phi) is 3.60. The van der Waals surface area contributed by atoms with E-state index in [9.17, 15) is 9.59 Å². The highest BCUT2D eigenvalue weighted by atomic mass is 16.2. The maximum atomic E-state index is 11.8. The SMILES string of the molecule is CC(C)NC(=O)c1cc(C(=O)NC2CC2)ccn1. The lowest BCUT2D eigenvalue weighted by Crippen LogP contribution is -2.31. The number of amides is 2. The van der Waals surface area contributed by atoms with Crippen molar-refractivity contribution >= 4 is 11.8 Å². The number of pyridine rings is 1. The van der Waals surface area contributed by atoms with E-state index >= 15 is 0 Å². The quantitative estimate of drug-likeness (QED) is 0.837. The van der Waals surface area contributed by atoms with E-state index in [1.807, 2.05) is 13.8 Å². The first kappa shape index (κ1) is 12.5. The number of carbonyl (C=O) groups excluding carboxylic acids is 2. The number of nitrogens with one attached hydrogen (secondary N) is 2. The summed E-state index contributed by atoms with van der Waals surface area (Å²) in [5, 5.41) is 5.62. The van der Waals surface area contributed by atoms with Gasteiger partial charge in [0.05, 0.1) is 0 Å². The maximum absolute atomic E-state index is 11.8. The van der Waals surface area contributed by atoms with Gasteiger partial charge >= 0.3 is 0 Å². The van der Waals surface area contributed by atoms with Crippen LogP contribution in [0.5, 0.6) is 0 Å². The Balaban J connectivity index is 2.08. The standard InChI is InChI=1S/C13H17N3O2/c1-8(2)15-13(18)11-7-9(5-6-14-11)12(17)16-10-3-4-10/h5-8,10H,3-4H2,1-2H3,(H,15,18)(H,16,17). The zero-order valence-corrected chi connectivity index (χ0v) is 10.6. The summed E-state index contributed by atoms with van der Waals surface area (Å²) in [6.07, 6.45) is 3.56. The minimum absolute atomic E-state index is 0.0447.